The zero-order chi connectivity index (χ0) is 25.9. The van der Waals surface area contributed by atoms with Crippen LogP contribution in [0.4, 0.5) is 4.39 Å². The van der Waals surface area contributed by atoms with Crippen molar-refractivity contribution >= 4 is 23.0 Å². The van der Waals surface area contributed by atoms with Crippen LogP contribution < -0.4 is 0 Å². The van der Waals surface area contributed by atoms with E-state index in [-0.39, 0.29) is 5.57 Å². The molecule has 0 bridgehead atoms. The van der Waals surface area contributed by atoms with Crippen LogP contribution in [0.5, 0.6) is 0 Å². The first-order chi connectivity index (χ1) is 17.9. The van der Waals surface area contributed by atoms with E-state index >= 15 is 0 Å². The van der Waals surface area contributed by atoms with Gasteiger partial charge in [-0.3, -0.25) is 14.5 Å². The van der Waals surface area contributed by atoms with Crippen LogP contribution in [0.2, 0.25) is 0 Å². The minimum Gasteiger partial charge on any atom is -0.503 e. The Morgan fingerprint density at radius 1 is 1.11 bits per heavy atom. The number of Topliss-reactive ketones (excluding diaryl/α,β-unsaturated/α-hetero) is 1. The molecule has 0 aliphatic carbocycles. The number of thiazole rings is 1. The second-order valence-electron chi connectivity index (χ2n) is 9.15. The number of halogens is 1. The molecule has 9 heteroatoms. The zero-order valence-corrected chi connectivity index (χ0v) is 21.3. The van der Waals surface area contributed by atoms with E-state index in [2.05, 4.69) is 9.88 Å². The number of carbonyl (C=O) groups is 2. The van der Waals surface area contributed by atoms with E-state index in [0.29, 0.717) is 47.3 Å². The van der Waals surface area contributed by atoms with Crippen molar-refractivity contribution in [3.8, 4) is 10.6 Å². The van der Waals surface area contributed by atoms with Crippen LogP contribution in [0.1, 0.15) is 33.4 Å². The lowest BCUT2D eigenvalue weighted by molar-refractivity contribution is -0.129. The highest BCUT2D eigenvalue weighted by atomic mass is 32.1. The normalized spacial score (nSPS) is 18.6. The van der Waals surface area contributed by atoms with Crippen LogP contribution in [-0.2, 0) is 9.53 Å². The molecule has 0 spiro atoms. The molecule has 7 nitrogen and oxygen atoms in total. The molecule has 2 aliphatic heterocycles. The molecule has 1 atom stereocenters. The minimum atomic E-state index is -0.813. The molecule has 1 N–H and O–H groups in total. The van der Waals surface area contributed by atoms with Crippen molar-refractivity contribution in [1.82, 2.24) is 14.8 Å². The average molecular weight is 522 g/mol. The van der Waals surface area contributed by atoms with E-state index in [0.717, 1.165) is 25.2 Å². The van der Waals surface area contributed by atoms with Gasteiger partial charge in [0.1, 0.15) is 10.8 Å². The maximum atomic E-state index is 13.9. The van der Waals surface area contributed by atoms with E-state index in [9.17, 15) is 19.1 Å². The number of aliphatic hydroxyl groups is 1. The number of morpholine rings is 1. The van der Waals surface area contributed by atoms with Gasteiger partial charge in [-0.1, -0.05) is 42.5 Å². The first kappa shape index (κ1) is 25.3. The fraction of sp³-hybridized carbons (Fsp3) is 0.321. The molecule has 2 aromatic carbocycles. The molecule has 1 saturated heterocycles. The number of aromatic nitrogens is 1. The number of carbonyl (C=O) groups excluding carboxylic acids is 2. The second kappa shape index (κ2) is 10.9. The third-order valence-corrected chi connectivity index (χ3v) is 7.94. The van der Waals surface area contributed by atoms with Gasteiger partial charge in [-0.2, -0.15) is 0 Å². The molecular weight excluding hydrogens is 493 g/mol. The third-order valence-electron chi connectivity index (χ3n) is 6.73. The van der Waals surface area contributed by atoms with Crippen molar-refractivity contribution < 1.29 is 23.8 Å². The SMILES string of the molecule is Cc1nc(-c2ccccc2)sc1C(=O)C1=C(O)C(=O)N(CCCN2CCOCC2)C1c1ccc(F)cc1. The van der Waals surface area contributed by atoms with Gasteiger partial charge in [-0.25, -0.2) is 9.37 Å². The zero-order valence-electron chi connectivity index (χ0n) is 20.5. The second-order valence-corrected chi connectivity index (χ2v) is 10.2. The fourth-order valence-corrected chi connectivity index (χ4v) is 5.86. The number of aliphatic hydroxyl groups excluding tert-OH is 1. The predicted octanol–water partition coefficient (Wildman–Crippen LogP) is 4.56. The van der Waals surface area contributed by atoms with Crippen LogP contribution in [0, 0.1) is 12.7 Å². The number of ether oxygens (including phenoxy) is 1. The molecule has 1 aromatic heterocycles. The lowest BCUT2D eigenvalue weighted by atomic mass is 9.95. The summed E-state index contributed by atoms with van der Waals surface area (Å²) >= 11 is 1.23. The van der Waals surface area contributed by atoms with Crippen LogP contribution in [0.3, 0.4) is 0 Å². The molecule has 1 unspecified atom stereocenters. The molecule has 3 heterocycles. The summed E-state index contributed by atoms with van der Waals surface area (Å²) in [4.78, 5) is 35.8. The van der Waals surface area contributed by atoms with Crippen molar-refractivity contribution in [2.75, 3.05) is 39.4 Å². The molecule has 5 rings (SSSR count). The van der Waals surface area contributed by atoms with Gasteiger partial charge >= 0.3 is 0 Å². The Labute approximate surface area is 218 Å². The number of nitrogens with zero attached hydrogens (tertiary/aromatic N) is 3. The lowest BCUT2D eigenvalue weighted by Crippen LogP contribution is -2.39. The van der Waals surface area contributed by atoms with E-state index in [1.807, 2.05) is 30.3 Å². The molecule has 0 radical (unpaired) electrons. The van der Waals surface area contributed by atoms with Gasteiger partial charge in [0.05, 0.1) is 35.4 Å². The Morgan fingerprint density at radius 2 is 1.81 bits per heavy atom. The number of ketones is 1. The number of hydrogen-bond donors (Lipinski definition) is 1. The van der Waals surface area contributed by atoms with Crippen molar-refractivity contribution in [2.45, 2.75) is 19.4 Å². The summed E-state index contributed by atoms with van der Waals surface area (Å²) < 4.78 is 19.1. The van der Waals surface area contributed by atoms with Crippen LogP contribution in [0.25, 0.3) is 10.6 Å². The van der Waals surface area contributed by atoms with Gasteiger partial charge in [0.15, 0.2) is 5.76 Å². The van der Waals surface area contributed by atoms with Gasteiger partial charge in [0.2, 0.25) is 5.78 Å². The smallest absolute Gasteiger partial charge is 0.290 e. The molecule has 1 amide bonds. The first-order valence-electron chi connectivity index (χ1n) is 12.3. The Balaban J connectivity index is 1.45. The summed E-state index contributed by atoms with van der Waals surface area (Å²) in [5.74, 6) is -2.00. The lowest BCUT2D eigenvalue weighted by Gasteiger charge is -2.30. The Morgan fingerprint density at radius 3 is 2.51 bits per heavy atom. The Hall–Kier alpha value is -3.40. The maximum Gasteiger partial charge on any atom is 0.290 e. The Kier molecular flexibility index (Phi) is 7.45. The predicted molar refractivity (Wildman–Crippen MR) is 139 cm³/mol. The molecule has 37 heavy (non-hydrogen) atoms. The van der Waals surface area contributed by atoms with Crippen LogP contribution >= 0.6 is 11.3 Å². The Bertz CT molecular complexity index is 1320. The highest BCUT2D eigenvalue weighted by molar-refractivity contribution is 7.17. The number of hydrogen-bond acceptors (Lipinski definition) is 7. The molecular formula is C28H28FN3O4S. The standard InChI is InChI=1S/C28H28FN3O4S/c1-18-26(37-27(30-18)20-6-3-2-4-7-20)24(33)22-23(19-8-10-21(29)11-9-19)32(28(35)25(22)34)13-5-12-31-14-16-36-17-15-31/h2-4,6-11,23,34H,5,12-17H2,1H3. The topological polar surface area (TPSA) is 83.0 Å². The molecule has 2 aliphatic rings. The molecule has 0 saturated carbocycles. The van der Waals surface area contributed by atoms with E-state index in [1.165, 1.54) is 28.4 Å². The number of aryl methyl sites for hydroxylation is 1. The summed E-state index contributed by atoms with van der Waals surface area (Å²) in [5.41, 5.74) is 1.99. The minimum absolute atomic E-state index is 0.00865. The average Bonchev–Trinajstić information content (AvgIpc) is 3.43. The van der Waals surface area contributed by atoms with Gasteiger partial charge in [-0.15, -0.1) is 11.3 Å². The monoisotopic (exact) mass is 521 g/mol. The number of benzene rings is 2. The number of amides is 1. The fourth-order valence-electron chi connectivity index (χ4n) is 4.83. The molecule has 3 aromatic rings. The third kappa shape index (κ3) is 5.20. The van der Waals surface area contributed by atoms with Gasteiger partial charge in [0, 0.05) is 31.7 Å². The summed E-state index contributed by atoms with van der Waals surface area (Å²) in [5, 5.41) is 11.6. The largest absolute Gasteiger partial charge is 0.503 e. The highest BCUT2D eigenvalue weighted by Gasteiger charge is 2.44. The van der Waals surface area contributed by atoms with E-state index < -0.39 is 29.3 Å². The summed E-state index contributed by atoms with van der Waals surface area (Å²) in [6, 6.07) is 14.4. The van der Waals surface area contributed by atoms with Crippen molar-refractivity contribution in [3.05, 3.63) is 87.9 Å². The maximum absolute atomic E-state index is 13.9. The van der Waals surface area contributed by atoms with Gasteiger partial charge in [-0.05, 0) is 31.0 Å². The molecule has 192 valence electrons. The van der Waals surface area contributed by atoms with Gasteiger partial charge < -0.3 is 14.7 Å². The quantitative estimate of drug-likeness (QED) is 0.438. The van der Waals surface area contributed by atoms with E-state index in [4.69, 9.17) is 4.74 Å². The summed E-state index contributed by atoms with van der Waals surface area (Å²) in [6.07, 6.45) is 0.663. The van der Waals surface area contributed by atoms with Crippen molar-refractivity contribution in [3.63, 3.8) is 0 Å². The highest BCUT2D eigenvalue weighted by Crippen LogP contribution is 2.41. The summed E-state index contributed by atoms with van der Waals surface area (Å²) in [7, 11) is 0. The van der Waals surface area contributed by atoms with Gasteiger partial charge in [0.25, 0.3) is 5.91 Å². The van der Waals surface area contributed by atoms with Crippen LogP contribution in [-0.4, -0.2) is 71.0 Å². The first-order valence-corrected chi connectivity index (χ1v) is 13.1. The van der Waals surface area contributed by atoms with Crippen molar-refractivity contribution in [1.29, 1.82) is 0 Å². The van der Waals surface area contributed by atoms with E-state index in [1.54, 1.807) is 19.1 Å². The van der Waals surface area contributed by atoms with Crippen molar-refractivity contribution in [2.24, 2.45) is 0 Å². The summed E-state index contributed by atoms with van der Waals surface area (Å²) in [6.45, 7) is 5.88. The molecule has 1 fully saturated rings. The number of rotatable bonds is 8. The van der Waals surface area contributed by atoms with Crippen LogP contribution in [0.15, 0.2) is 65.9 Å².